The standard InChI is InChI=1S/C15H28N4/c1-6-16-15-7-8-18(13(5)12(15)4)14-9-17-19(10-14)11(2)3/h9-13,15-16H,6-8H2,1-5H3. The molecule has 1 fully saturated rings. The average molecular weight is 264 g/mol. The van der Waals surface area contributed by atoms with Gasteiger partial charge in [-0.3, -0.25) is 4.68 Å². The quantitative estimate of drug-likeness (QED) is 0.907. The molecule has 2 rings (SSSR count). The van der Waals surface area contributed by atoms with Crippen LogP contribution in [0, 0.1) is 5.92 Å². The average Bonchev–Trinajstić information content (AvgIpc) is 2.85. The lowest BCUT2D eigenvalue weighted by atomic mass is 9.87. The van der Waals surface area contributed by atoms with Crippen molar-refractivity contribution in [2.75, 3.05) is 18.0 Å². The van der Waals surface area contributed by atoms with Gasteiger partial charge < -0.3 is 10.2 Å². The third kappa shape index (κ3) is 2.94. The third-order valence-corrected chi connectivity index (χ3v) is 4.48. The third-order valence-electron chi connectivity index (χ3n) is 4.48. The highest BCUT2D eigenvalue weighted by Gasteiger charge is 2.32. The highest BCUT2D eigenvalue weighted by Crippen LogP contribution is 2.28. The maximum atomic E-state index is 4.47. The molecule has 0 aromatic carbocycles. The Bertz CT molecular complexity index is 399. The summed E-state index contributed by atoms with van der Waals surface area (Å²) < 4.78 is 2.04. The fourth-order valence-electron chi connectivity index (χ4n) is 3.04. The predicted molar refractivity (Wildman–Crippen MR) is 80.7 cm³/mol. The van der Waals surface area contributed by atoms with Crippen LogP contribution in [0.3, 0.4) is 0 Å². The lowest BCUT2D eigenvalue weighted by molar-refractivity contribution is 0.274. The molecule has 1 saturated heterocycles. The Labute approximate surface area is 117 Å². The van der Waals surface area contributed by atoms with E-state index >= 15 is 0 Å². The second-order valence-corrected chi connectivity index (χ2v) is 6.02. The second-order valence-electron chi connectivity index (χ2n) is 6.02. The maximum Gasteiger partial charge on any atom is 0.0755 e. The summed E-state index contributed by atoms with van der Waals surface area (Å²) in [6, 6.07) is 1.64. The van der Waals surface area contributed by atoms with Gasteiger partial charge in [-0.25, -0.2) is 0 Å². The first-order valence-electron chi connectivity index (χ1n) is 7.58. The van der Waals surface area contributed by atoms with E-state index in [4.69, 9.17) is 0 Å². The van der Waals surface area contributed by atoms with Gasteiger partial charge in [0, 0.05) is 30.9 Å². The van der Waals surface area contributed by atoms with Gasteiger partial charge in [0.1, 0.15) is 0 Å². The number of piperidine rings is 1. The van der Waals surface area contributed by atoms with E-state index in [0.717, 1.165) is 13.1 Å². The van der Waals surface area contributed by atoms with Crippen LogP contribution in [0.2, 0.25) is 0 Å². The normalized spacial score (nSPS) is 28.1. The van der Waals surface area contributed by atoms with E-state index in [2.05, 4.69) is 56.1 Å². The van der Waals surface area contributed by atoms with Crippen molar-refractivity contribution < 1.29 is 0 Å². The number of anilines is 1. The molecule has 1 aromatic rings. The Morgan fingerprint density at radius 1 is 1.42 bits per heavy atom. The minimum Gasteiger partial charge on any atom is -0.366 e. The Balaban J connectivity index is 2.09. The van der Waals surface area contributed by atoms with Crippen molar-refractivity contribution >= 4 is 5.69 Å². The molecule has 1 aromatic heterocycles. The lowest BCUT2D eigenvalue weighted by Gasteiger charge is -2.43. The lowest BCUT2D eigenvalue weighted by Crippen LogP contribution is -2.53. The first-order chi connectivity index (χ1) is 9.04. The Morgan fingerprint density at radius 2 is 2.16 bits per heavy atom. The van der Waals surface area contributed by atoms with Crippen LogP contribution in [0.5, 0.6) is 0 Å². The maximum absolute atomic E-state index is 4.47. The van der Waals surface area contributed by atoms with Gasteiger partial charge in [-0.2, -0.15) is 5.10 Å². The van der Waals surface area contributed by atoms with Gasteiger partial charge in [0.15, 0.2) is 0 Å². The second kappa shape index (κ2) is 5.95. The minimum absolute atomic E-state index is 0.431. The summed E-state index contributed by atoms with van der Waals surface area (Å²) in [6.07, 6.45) is 5.41. The van der Waals surface area contributed by atoms with Crippen molar-refractivity contribution in [2.24, 2.45) is 5.92 Å². The van der Waals surface area contributed by atoms with Crippen LogP contribution in [0.1, 0.15) is 47.1 Å². The molecule has 2 heterocycles. The van der Waals surface area contributed by atoms with Gasteiger partial charge >= 0.3 is 0 Å². The van der Waals surface area contributed by atoms with Crippen molar-refractivity contribution in [3.63, 3.8) is 0 Å². The van der Waals surface area contributed by atoms with Crippen LogP contribution < -0.4 is 10.2 Å². The molecule has 0 amide bonds. The van der Waals surface area contributed by atoms with E-state index in [1.165, 1.54) is 12.1 Å². The van der Waals surface area contributed by atoms with Crippen molar-refractivity contribution in [1.29, 1.82) is 0 Å². The van der Waals surface area contributed by atoms with Gasteiger partial charge in [-0.05, 0) is 39.7 Å². The molecule has 1 aliphatic rings. The molecule has 1 N–H and O–H groups in total. The molecule has 4 nitrogen and oxygen atoms in total. The summed E-state index contributed by atoms with van der Waals surface area (Å²) in [5.74, 6) is 0.663. The SMILES string of the molecule is CCNC1CCN(c2cnn(C(C)C)c2)C(C)C1C. The molecular weight excluding hydrogens is 236 g/mol. The number of nitrogens with one attached hydrogen (secondary N) is 1. The monoisotopic (exact) mass is 264 g/mol. The van der Waals surface area contributed by atoms with Crippen molar-refractivity contribution in [3.8, 4) is 0 Å². The Kier molecular flexibility index (Phi) is 4.50. The zero-order chi connectivity index (χ0) is 14.0. The topological polar surface area (TPSA) is 33.1 Å². The van der Waals surface area contributed by atoms with Gasteiger partial charge in [-0.15, -0.1) is 0 Å². The molecule has 0 bridgehead atoms. The van der Waals surface area contributed by atoms with Gasteiger partial charge in [0.05, 0.1) is 11.9 Å². The molecule has 0 radical (unpaired) electrons. The first kappa shape index (κ1) is 14.4. The van der Waals surface area contributed by atoms with E-state index in [9.17, 15) is 0 Å². The van der Waals surface area contributed by atoms with Crippen LogP contribution in [0.4, 0.5) is 5.69 Å². The Hall–Kier alpha value is -1.03. The van der Waals surface area contributed by atoms with Crippen molar-refractivity contribution in [1.82, 2.24) is 15.1 Å². The van der Waals surface area contributed by atoms with Gasteiger partial charge in [0.2, 0.25) is 0 Å². The predicted octanol–water partition coefficient (Wildman–Crippen LogP) is 2.68. The molecule has 4 heteroatoms. The van der Waals surface area contributed by atoms with E-state index in [1.807, 2.05) is 10.9 Å². The number of nitrogens with zero attached hydrogens (tertiary/aromatic N) is 3. The van der Waals surface area contributed by atoms with Crippen LogP contribution in [0.25, 0.3) is 0 Å². The fraction of sp³-hybridized carbons (Fsp3) is 0.800. The molecular formula is C15H28N4. The zero-order valence-corrected chi connectivity index (χ0v) is 12.9. The molecule has 3 unspecified atom stereocenters. The smallest absolute Gasteiger partial charge is 0.0755 e. The number of hydrogen-bond acceptors (Lipinski definition) is 3. The molecule has 0 saturated carbocycles. The summed E-state index contributed by atoms with van der Waals surface area (Å²) in [6.45, 7) is 13.4. The largest absolute Gasteiger partial charge is 0.366 e. The highest BCUT2D eigenvalue weighted by molar-refractivity contribution is 5.44. The number of hydrogen-bond donors (Lipinski definition) is 1. The van der Waals surface area contributed by atoms with E-state index < -0.39 is 0 Å². The van der Waals surface area contributed by atoms with E-state index in [0.29, 0.717) is 24.0 Å². The minimum atomic E-state index is 0.431. The summed E-state index contributed by atoms with van der Waals surface area (Å²) in [4.78, 5) is 2.50. The van der Waals surface area contributed by atoms with Crippen LogP contribution in [0.15, 0.2) is 12.4 Å². The van der Waals surface area contributed by atoms with Crippen LogP contribution in [-0.2, 0) is 0 Å². The molecule has 0 aliphatic carbocycles. The molecule has 1 aliphatic heterocycles. The zero-order valence-electron chi connectivity index (χ0n) is 12.9. The van der Waals surface area contributed by atoms with E-state index in [1.54, 1.807) is 0 Å². The van der Waals surface area contributed by atoms with Gasteiger partial charge in [-0.1, -0.05) is 13.8 Å². The van der Waals surface area contributed by atoms with Crippen LogP contribution >= 0.6 is 0 Å². The number of aromatic nitrogens is 2. The summed E-state index contributed by atoms with van der Waals surface area (Å²) in [5, 5.41) is 8.08. The highest BCUT2D eigenvalue weighted by atomic mass is 15.3. The first-order valence-corrected chi connectivity index (χ1v) is 7.58. The molecule has 19 heavy (non-hydrogen) atoms. The summed E-state index contributed by atoms with van der Waals surface area (Å²) >= 11 is 0. The van der Waals surface area contributed by atoms with Crippen molar-refractivity contribution in [2.45, 2.75) is 59.2 Å². The fourth-order valence-corrected chi connectivity index (χ4v) is 3.04. The van der Waals surface area contributed by atoms with E-state index in [-0.39, 0.29) is 0 Å². The van der Waals surface area contributed by atoms with Crippen LogP contribution in [-0.4, -0.2) is 35.0 Å². The molecule has 3 atom stereocenters. The molecule has 0 spiro atoms. The molecule has 108 valence electrons. The number of rotatable bonds is 4. The van der Waals surface area contributed by atoms with Crippen molar-refractivity contribution in [3.05, 3.63) is 12.4 Å². The summed E-state index contributed by atoms with van der Waals surface area (Å²) in [7, 11) is 0. The Morgan fingerprint density at radius 3 is 2.74 bits per heavy atom. The van der Waals surface area contributed by atoms with Gasteiger partial charge in [0.25, 0.3) is 0 Å². The summed E-state index contributed by atoms with van der Waals surface area (Å²) in [5.41, 5.74) is 1.27.